The van der Waals surface area contributed by atoms with Crippen LogP contribution in [0.15, 0.2) is 18.3 Å². The quantitative estimate of drug-likeness (QED) is 0.755. The molecule has 1 amide bonds. The van der Waals surface area contributed by atoms with Crippen molar-refractivity contribution in [2.75, 3.05) is 5.73 Å². The average Bonchev–Trinajstić information content (AvgIpc) is 2.73. The Hall–Kier alpha value is -2.11. The van der Waals surface area contributed by atoms with E-state index in [9.17, 15) is 14.7 Å². The summed E-state index contributed by atoms with van der Waals surface area (Å²) in [6, 6.07) is 2.75. The number of rotatable bonds is 3. The maximum atomic E-state index is 12.0. The Kier molecular flexibility index (Phi) is 3.42. The van der Waals surface area contributed by atoms with E-state index in [0.717, 1.165) is 6.42 Å². The van der Waals surface area contributed by atoms with Crippen molar-refractivity contribution in [2.45, 2.75) is 32.2 Å². The lowest BCUT2D eigenvalue weighted by Crippen LogP contribution is -2.47. The van der Waals surface area contributed by atoms with Gasteiger partial charge in [-0.3, -0.25) is 9.59 Å². The number of anilines is 1. The van der Waals surface area contributed by atoms with Crippen LogP contribution in [0.2, 0.25) is 0 Å². The van der Waals surface area contributed by atoms with E-state index in [1.807, 2.05) is 0 Å². The minimum atomic E-state index is -0.899. The number of nitrogens with zero attached hydrogens (tertiary/aromatic N) is 1. The highest BCUT2D eigenvalue weighted by Crippen LogP contribution is 2.38. The van der Waals surface area contributed by atoms with Crippen LogP contribution in [-0.4, -0.2) is 28.0 Å². The molecule has 1 fully saturated rings. The van der Waals surface area contributed by atoms with Crippen molar-refractivity contribution in [1.29, 1.82) is 0 Å². The number of carbonyl (C=O) groups excluding carboxylic acids is 1. The fourth-order valence-electron chi connectivity index (χ4n) is 2.43. The van der Waals surface area contributed by atoms with Gasteiger partial charge in [-0.05, 0) is 31.9 Å². The molecule has 19 heavy (non-hydrogen) atoms. The van der Waals surface area contributed by atoms with Gasteiger partial charge < -0.3 is 16.2 Å². The number of aliphatic carboxylic acids is 1. The SMILES string of the molecule is CC1(C(=O)O)CCCC1NC(=O)c1ccc(N)cn1. The number of nitrogens with two attached hydrogens (primary N) is 1. The van der Waals surface area contributed by atoms with Crippen LogP contribution in [0.1, 0.15) is 36.7 Å². The van der Waals surface area contributed by atoms with E-state index in [-0.39, 0.29) is 17.6 Å². The second kappa shape index (κ2) is 4.87. The summed E-state index contributed by atoms with van der Waals surface area (Å²) >= 11 is 0. The molecule has 0 bridgehead atoms. The average molecular weight is 263 g/mol. The predicted octanol–water partition coefficient (Wildman–Crippen LogP) is 1.04. The summed E-state index contributed by atoms with van der Waals surface area (Å²) in [7, 11) is 0. The van der Waals surface area contributed by atoms with Crippen molar-refractivity contribution in [3.63, 3.8) is 0 Å². The van der Waals surface area contributed by atoms with Crippen molar-refractivity contribution in [2.24, 2.45) is 5.41 Å². The number of carboxylic acid groups (broad SMARTS) is 1. The molecule has 102 valence electrons. The maximum Gasteiger partial charge on any atom is 0.311 e. The van der Waals surface area contributed by atoms with Crippen molar-refractivity contribution in [1.82, 2.24) is 10.3 Å². The Morgan fingerprint density at radius 1 is 1.53 bits per heavy atom. The Bertz CT molecular complexity index is 500. The highest BCUT2D eigenvalue weighted by atomic mass is 16.4. The molecule has 0 aromatic carbocycles. The minimum Gasteiger partial charge on any atom is -0.481 e. The first-order chi connectivity index (χ1) is 8.93. The number of nitrogens with one attached hydrogen (secondary N) is 1. The topological polar surface area (TPSA) is 105 Å². The van der Waals surface area contributed by atoms with Crippen molar-refractivity contribution >= 4 is 17.6 Å². The number of pyridine rings is 1. The monoisotopic (exact) mass is 263 g/mol. The molecule has 0 radical (unpaired) electrons. The van der Waals surface area contributed by atoms with Gasteiger partial charge in [-0.2, -0.15) is 0 Å². The third-order valence-corrected chi connectivity index (χ3v) is 3.77. The molecule has 0 saturated heterocycles. The molecule has 1 aliphatic rings. The van der Waals surface area contributed by atoms with Gasteiger partial charge in [0.15, 0.2) is 0 Å². The van der Waals surface area contributed by atoms with Gasteiger partial charge in [-0.1, -0.05) is 6.42 Å². The van der Waals surface area contributed by atoms with Gasteiger partial charge in [-0.25, -0.2) is 4.98 Å². The molecule has 1 aromatic heterocycles. The zero-order valence-corrected chi connectivity index (χ0v) is 10.7. The molecule has 6 nitrogen and oxygen atoms in total. The first-order valence-corrected chi connectivity index (χ1v) is 6.19. The molecule has 1 saturated carbocycles. The van der Waals surface area contributed by atoms with E-state index in [1.165, 1.54) is 12.3 Å². The Morgan fingerprint density at radius 3 is 2.84 bits per heavy atom. The summed E-state index contributed by atoms with van der Waals surface area (Å²) < 4.78 is 0. The highest BCUT2D eigenvalue weighted by molar-refractivity contribution is 5.93. The predicted molar refractivity (Wildman–Crippen MR) is 69.5 cm³/mol. The number of carboxylic acids is 1. The summed E-state index contributed by atoms with van der Waals surface area (Å²) in [5, 5.41) is 12.0. The van der Waals surface area contributed by atoms with E-state index in [4.69, 9.17) is 5.73 Å². The fourth-order valence-corrected chi connectivity index (χ4v) is 2.43. The van der Waals surface area contributed by atoms with E-state index in [0.29, 0.717) is 18.5 Å². The third-order valence-electron chi connectivity index (χ3n) is 3.77. The Morgan fingerprint density at radius 2 is 2.26 bits per heavy atom. The molecule has 2 atom stereocenters. The molecule has 0 aliphatic heterocycles. The summed E-state index contributed by atoms with van der Waals surface area (Å²) in [4.78, 5) is 27.3. The molecular formula is C13H17N3O3. The van der Waals surface area contributed by atoms with E-state index < -0.39 is 11.4 Å². The van der Waals surface area contributed by atoms with Crippen LogP contribution in [0.5, 0.6) is 0 Å². The van der Waals surface area contributed by atoms with E-state index in [2.05, 4.69) is 10.3 Å². The van der Waals surface area contributed by atoms with Crippen LogP contribution in [0.3, 0.4) is 0 Å². The number of nitrogen functional groups attached to an aromatic ring is 1. The number of amides is 1. The first-order valence-electron chi connectivity index (χ1n) is 6.19. The van der Waals surface area contributed by atoms with Gasteiger partial charge in [0.2, 0.25) is 0 Å². The number of aromatic nitrogens is 1. The largest absolute Gasteiger partial charge is 0.481 e. The smallest absolute Gasteiger partial charge is 0.311 e. The standard InChI is InChI=1S/C13H17N3O3/c1-13(12(18)19)6-2-3-10(13)16-11(17)9-5-4-8(14)7-15-9/h4-5,7,10H,2-3,6,14H2,1H3,(H,16,17)(H,18,19). The molecule has 4 N–H and O–H groups in total. The minimum absolute atomic E-state index is 0.244. The summed E-state index contributed by atoms with van der Waals surface area (Å²) in [6.45, 7) is 1.67. The molecule has 1 heterocycles. The van der Waals surface area contributed by atoms with E-state index in [1.54, 1.807) is 13.0 Å². The zero-order chi connectivity index (χ0) is 14.0. The van der Waals surface area contributed by atoms with E-state index >= 15 is 0 Å². The van der Waals surface area contributed by atoms with Crippen LogP contribution in [-0.2, 0) is 4.79 Å². The molecule has 2 rings (SSSR count). The van der Waals surface area contributed by atoms with Gasteiger partial charge in [0.1, 0.15) is 5.69 Å². The second-order valence-electron chi connectivity index (χ2n) is 5.12. The number of carbonyl (C=O) groups is 2. The first kappa shape index (κ1) is 13.3. The van der Waals surface area contributed by atoms with Gasteiger partial charge in [0.05, 0.1) is 17.3 Å². The Balaban J connectivity index is 2.10. The van der Waals surface area contributed by atoms with Gasteiger partial charge in [0.25, 0.3) is 5.91 Å². The normalized spacial score (nSPS) is 26.1. The highest BCUT2D eigenvalue weighted by Gasteiger charge is 2.46. The van der Waals surface area contributed by atoms with Crippen LogP contribution in [0, 0.1) is 5.41 Å². The van der Waals surface area contributed by atoms with Crippen molar-refractivity contribution < 1.29 is 14.7 Å². The van der Waals surface area contributed by atoms with Gasteiger partial charge >= 0.3 is 5.97 Å². The fraction of sp³-hybridized carbons (Fsp3) is 0.462. The van der Waals surface area contributed by atoms with Gasteiger partial charge in [0, 0.05) is 6.04 Å². The lowest BCUT2D eigenvalue weighted by Gasteiger charge is -2.27. The molecule has 0 spiro atoms. The molecule has 1 aliphatic carbocycles. The maximum absolute atomic E-state index is 12.0. The van der Waals surface area contributed by atoms with Crippen LogP contribution in [0.4, 0.5) is 5.69 Å². The molecule has 1 aromatic rings. The zero-order valence-electron chi connectivity index (χ0n) is 10.7. The molecular weight excluding hydrogens is 246 g/mol. The van der Waals surface area contributed by atoms with Crippen LogP contribution >= 0.6 is 0 Å². The third kappa shape index (κ3) is 2.52. The summed E-state index contributed by atoms with van der Waals surface area (Å²) in [5.41, 5.74) is 5.33. The summed E-state index contributed by atoms with van der Waals surface area (Å²) in [6.07, 6.45) is 3.44. The number of hydrogen-bond acceptors (Lipinski definition) is 4. The van der Waals surface area contributed by atoms with Crippen LogP contribution < -0.4 is 11.1 Å². The Labute approximate surface area is 111 Å². The molecule has 2 unspecified atom stereocenters. The lowest BCUT2D eigenvalue weighted by molar-refractivity contribution is -0.148. The summed E-state index contributed by atoms with van der Waals surface area (Å²) in [5.74, 6) is -1.24. The second-order valence-corrected chi connectivity index (χ2v) is 5.12. The van der Waals surface area contributed by atoms with Crippen LogP contribution in [0.25, 0.3) is 0 Å². The van der Waals surface area contributed by atoms with Gasteiger partial charge in [-0.15, -0.1) is 0 Å². The lowest BCUT2D eigenvalue weighted by atomic mass is 9.85. The molecule has 6 heteroatoms. The van der Waals surface area contributed by atoms with Crippen molar-refractivity contribution in [3.05, 3.63) is 24.0 Å². The van der Waals surface area contributed by atoms with Crippen molar-refractivity contribution in [3.8, 4) is 0 Å². The number of hydrogen-bond donors (Lipinski definition) is 3.